The van der Waals surface area contributed by atoms with Crippen LogP contribution in [0.4, 0.5) is 5.82 Å². The number of fused-ring (bicyclic) bond motifs is 2. The van der Waals surface area contributed by atoms with Gasteiger partial charge in [-0.25, -0.2) is 10.1 Å². The Morgan fingerprint density at radius 2 is 1.94 bits per heavy atom. The number of piperidine rings is 1. The average molecular weight is 482 g/mol. The summed E-state index contributed by atoms with van der Waals surface area (Å²) in [6, 6.07) is 15.0. The van der Waals surface area contributed by atoms with E-state index in [4.69, 9.17) is 15.2 Å². The highest BCUT2D eigenvalue weighted by Crippen LogP contribution is 2.34. The number of aromatic nitrogens is 5. The second-order valence-electron chi connectivity index (χ2n) is 8.80. The quantitative estimate of drug-likeness (QED) is 0.375. The molecule has 3 N–H and O–H groups in total. The van der Waals surface area contributed by atoms with Crippen LogP contribution in [0.5, 0.6) is 0 Å². The largest absolute Gasteiger partial charge is 0.436 e. The van der Waals surface area contributed by atoms with Crippen LogP contribution in [-0.4, -0.2) is 48.9 Å². The maximum absolute atomic E-state index is 12.9. The zero-order valence-corrected chi connectivity index (χ0v) is 19.3. The van der Waals surface area contributed by atoms with Crippen LogP contribution >= 0.6 is 0 Å². The molecule has 1 aliphatic heterocycles. The van der Waals surface area contributed by atoms with Gasteiger partial charge in [0.15, 0.2) is 11.4 Å². The van der Waals surface area contributed by atoms with E-state index in [9.17, 15) is 9.59 Å². The summed E-state index contributed by atoms with van der Waals surface area (Å²) in [4.78, 5) is 31.4. The van der Waals surface area contributed by atoms with Gasteiger partial charge < -0.3 is 15.1 Å². The molecule has 0 aliphatic carbocycles. The smallest absolute Gasteiger partial charge is 0.290 e. The average Bonchev–Trinajstić information content (AvgIpc) is 3.54. The lowest BCUT2D eigenvalue weighted by Crippen LogP contribution is -2.40. The summed E-state index contributed by atoms with van der Waals surface area (Å²) in [6.45, 7) is 4.66. The molecule has 2 aromatic carbocycles. The van der Waals surface area contributed by atoms with Gasteiger partial charge in [0.1, 0.15) is 16.7 Å². The van der Waals surface area contributed by atoms with Gasteiger partial charge in [-0.3, -0.25) is 14.3 Å². The molecule has 0 radical (unpaired) electrons. The van der Waals surface area contributed by atoms with E-state index < -0.39 is 0 Å². The lowest BCUT2D eigenvalue weighted by Gasteiger charge is -2.32. The molecule has 0 bridgehead atoms. The molecule has 36 heavy (non-hydrogen) atoms. The zero-order chi connectivity index (χ0) is 24.8. The maximum atomic E-state index is 12.9. The van der Waals surface area contributed by atoms with E-state index in [1.807, 2.05) is 48.5 Å². The zero-order valence-electron chi connectivity index (χ0n) is 19.3. The number of hydrogen-bond donors (Lipinski definition) is 2. The second-order valence-corrected chi connectivity index (χ2v) is 8.80. The Morgan fingerprint density at radius 1 is 1.17 bits per heavy atom. The fraction of sp³-hybridized carbons (Fsp3) is 0.192. The normalized spacial score (nSPS) is 16.0. The number of benzene rings is 2. The third-order valence-electron chi connectivity index (χ3n) is 6.59. The maximum Gasteiger partial charge on any atom is 0.290 e. The van der Waals surface area contributed by atoms with Crippen molar-refractivity contribution in [3.05, 3.63) is 71.5 Å². The number of nitrogens with zero attached hydrogens (tertiary/aromatic N) is 5. The van der Waals surface area contributed by atoms with Crippen LogP contribution in [0.2, 0.25) is 0 Å². The first kappa shape index (κ1) is 21.8. The van der Waals surface area contributed by atoms with Crippen molar-refractivity contribution in [2.45, 2.75) is 18.9 Å². The highest BCUT2D eigenvalue weighted by molar-refractivity contribution is 5.99. The first-order chi connectivity index (χ1) is 17.5. The number of rotatable bonds is 4. The van der Waals surface area contributed by atoms with Gasteiger partial charge in [0, 0.05) is 24.2 Å². The Balaban J connectivity index is 1.43. The van der Waals surface area contributed by atoms with Crippen molar-refractivity contribution in [3.63, 3.8) is 0 Å². The standard InChI is InChI=1S/C26H23N7O3/c1-2-20(34)32-13-5-6-17(14-32)33-23-21(24(27)29-30-25(23)35)22(31-33)15-9-11-16(12-10-15)26-28-18-7-3-4-8-19(18)36-26/h2-4,7-12,17H,1,5-6,13-14H2,(H2,27,29)(H,30,35). The van der Waals surface area contributed by atoms with E-state index in [0.717, 1.165) is 35.1 Å². The van der Waals surface area contributed by atoms with Crippen molar-refractivity contribution >= 4 is 33.7 Å². The molecule has 1 unspecified atom stereocenters. The van der Waals surface area contributed by atoms with Crippen LogP contribution in [0.25, 0.3) is 44.7 Å². The molecule has 6 rings (SSSR count). The summed E-state index contributed by atoms with van der Waals surface area (Å²) < 4.78 is 7.57. The summed E-state index contributed by atoms with van der Waals surface area (Å²) >= 11 is 0. The number of oxazole rings is 1. The molecule has 1 atom stereocenters. The lowest BCUT2D eigenvalue weighted by atomic mass is 10.1. The molecule has 4 heterocycles. The number of para-hydroxylation sites is 2. The Bertz CT molecular complexity index is 1650. The number of likely N-dealkylation sites (tertiary alicyclic amines) is 1. The first-order valence-electron chi connectivity index (χ1n) is 11.7. The Hall–Kier alpha value is -4.73. The number of nitrogens with two attached hydrogens (primary N) is 1. The van der Waals surface area contributed by atoms with E-state index in [-0.39, 0.29) is 23.3 Å². The number of nitrogens with one attached hydrogen (secondary N) is 1. The predicted octanol–water partition coefficient (Wildman–Crippen LogP) is 3.53. The second kappa shape index (κ2) is 8.49. The van der Waals surface area contributed by atoms with Gasteiger partial charge in [-0.15, -0.1) is 0 Å². The van der Waals surface area contributed by atoms with Crippen molar-refractivity contribution in [1.29, 1.82) is 0 Å². The SMILES string of the molecule is C=CC(=O)N1CCCC(n2nc(-c3ccc(-c4nc5ccccc5o4)cc3)c3c(N)n[nH]c(=O)c32)C1. The minimum Gasteiger partial charge on any atom is -0.436 e. The number of amides is 1. The van der Waals surface area contributed by atoms with Gasteiger partial charge in [-0.05, 0) is 43.2 Å². The number of nitrogen functional groups attached to an aromatic ring is 1. The van der Waals surface area contributed by atoms with Crippen molar-refractivity contribution in [2.24, 2.45) is 0 Å². The predicted molar refractivity (Wildman–Crippen MR) is 136 cm³/mol. The molecule has 10 heteroatoms. The van der Waals surface area contributed by atoms with Crippen LogP contribution in [-0.2, 0) is 4.79 Å². The van der Waals surface area contributed by atoms with E-state index in [1.165, 1.54) is 6.08 Å². The lowest BCUT2D eigenvalue weighted by molar-refractivity contribution is -0.127. The molecule has 180 valence electrons. The van der Waals surface area contributed by atoms with Crippen LogP contribution in [0.1, 0.15) is 18.9 Å². The number of carbonyl (C=O) groups excluding carboxylic acids is 1. The number of carbonyl (C=O) groups is 1. The fourth-order valence-electron chi connectivity index (χ4n) is 4.83. The van der Waals surface area contributed by atoms with Crippen LogP contribution in [0.3, 0.4) is 0 Å². The molecule has 10 nitrogen and oxygen atoms in total. The van der Waals surface area contributed by atoms with Crippen molar-refractivity contribution in [1.82, 2.24) is 29.9 Å². The molecule has 5 aromatic rings. The van der Waals surface area contributed by atoms with Crippen LogP contribution < -0.4 is 11.3 Å². The Labute approximate surface area is 205 Å². The fourth-order valence-corrected chi connectivity index (χ4v) is 4.83. The summed E-state index contributed by atoms with van der Waals surface area (Å²) in [5, 5.41) is 11.8. The van der Waals surface area contributed by atoms with Crippen LogP contribution in [0, 0.1) is 0 Å². The molecule has 1 amide bonds. The van der Waals surface area contributed by atoms with Gasteiger partial charge in [-0.1, -0.05) is 30.8 Å². The van der Waals surface area contributed by atoms with E-state index in [0.29, 0.717) is 35.6 Å². The topological polar surface area (TPSA) is 136 Å². The molecule has 0 saturated carbocycles. The summed E-state index contributed by atoms with van der Waals surface area (Å²) in [5.74, 6) is 0.565. The minimum absolute atomic E-state index is 0.138. The van der Waals surface area contributed by atoms with Gasteiger partial charge in [0.25, 0.3) is 5.56 Å². The third-order valence-corrected chi connectivity index (χ3v) is 6.59. The molecule has 1 fully saturated rings. The van der Waals surface area contributed by atoms with Crippen LogP contribution in [0.15, 0.2) is 70.4 Å². The molecular weight excluding hydrogens is 458 g/mol. The van der Waals surface area contributed by atoms with E-state index in [2.05, 4.69) is 21.8 Å². The summed E-state index contributed by atoms with van der Waals surface area (Å²) in [7, 11) is 0. The first-order valence-corrected chi connectivity index (χ1v) is 11.7. The molecule has 1 saturated heterocycles. The van der Waals surface area contributed by atoms with E-state index in [1.54, 1.807) is 9.58 Å². The molecular formula is C26H23N7O3. The van der Waals surface area contributed by atoms with Crippen molar-refractivity contribution in [2.75, 3.05) is 18.8 Å². The molecule has 0 spiro atoms. The minimum atomic E-state index is -0.381. The monoisotopic (exact) mass is 481 g/mol. The van der Waals surface area contributed by atoms with Gasteiger partial charge in [0.05, 0.1) is 11.4 Å². The van der Waals surface area contributed by atoms with Crippen molar-refractivity contribution in [3.8, 4) is 22.7 Å². The number of hydrogen-bond acceptors (Lipinski definition) is 7. The number of H-pyrrole nitrogens is 1. The van der Waals surface area contributed by atoms with Gasteiger partial charge in [-0.2, -0.15) is 10.2 Å². The third kappa shape index (κ3) is 3.54. The summed E-state index contributed by atoms with van der Waals surface area (Å²) in [6.07, 6.45) is 2.87. The molecule has 1 aliphatic rings. The number of anilines is 1. The highest BCUT2D eigenvalue weighted by Gasteiger charge is 2.28. The highest BCUT2D eigenvalue weighted by atomic mass is 16.3. The Morgan fingerprint density at radius 3 is 2.72 bits per heavy atom. The summed E-state index contributed by atoms with van der Waals surface area (Å²) in [5.41, 5.74) is 9.84. The van der Waals surface area contributed by atoms with E-state index >= 15 is 0 Å². The molecule has 3 aromatic heterocycles. The number of aromatic amines is 1. The Kier molecular flexibility index (Phi) is 5.14. The van der Waals surface area contributed by atoms with Gasteiger partial charge >= 0.3 is 0 Å². The van der Waals surface area contributed by atoms with Crippen molar-refractivity contribution < 1.29 is 9.21 Å². The van der Waals surface area contributed by atoms with Gasteiger partial charge in [0.2, 0.25) is 11.8 Å².